The first-order valence-corrected chi connectivity index (χ1v) is 6.91. The number of ether oxygens (including phenoxy) is 2. The van der Waals surface area contributed by atoms with Crippen molar-refractivity contribution in [2.45, 2.75) is 45.4 Å². The van der Waals surface area contributed by atoms with Crippen molar-refractivity contribution in [1.29, 1.82) is 0 Å². The van der Waals surface area contributed by atoms with Crippen LogP contribution in [0.4, 0.5) is 4.39 Å². The van der Waals surface area contributed by atoms with E-state index in [-0.39, 0.29) is 11.9 Å². The van der Waals surface area contributed by atoms with Crippen molar-refractivity contribution < 1.29 is 13.9 Å². The van der Waals surface area contributed by atoms with Gasteiger partial charge in [0.05, 0.1) is 6.61 Å². The van der Waals surface area contributed by atoms with Gasteiger partial charge >= 0.3 is 0 Å². The third kappa shape index (κ3) is 4.80. The number of nitrogens with one attached hydrogen (secondary N) is 1. The lowest BCUT2D eigenvalue weighted by molar-refractivity contribution is 0.00728. The molecule has 4 heteroatoms. The summed E-state index contributed by atoms with van der Waals surface area (Å²) in [5.74, 6) is 0.339. The lowest BCUT2D eigenvalue weighted by Gasteiger charge is -2.23. The molecule has 19 heavy (non-hydrogen) atoms. The largest absolute Gasteiger partial charge is 0.488 e. The maximum Gasteiger partial charge on any atom is 0.127 e. The van der Waals surface area contributed by atoms with Gasteiger partial charge in [-0.05, 0) is 30.5 Å². The average Bonchev–Trinajstić information content (AvgIpc) is 2.37. The highest BCUT2D eigenvalue weighted by atomic mass is 19.1. The van der Waals surface area contributed by atoms with Crippen LogP contribution in [0.3, 0.4) is 0 Å². The van der Waals surface area contributed by atoms with E-state index in [0.29, 0.717) is 24.9 Å². The fourth-order valence-electron chi connectivity index (χ4n) is 2.11. The third-order valence-corrected chi connectivity index (χ3v) is 3.07. The van der Waals surface area contributed by atoms with E-state index in [1.165, 1.54) is 6.07 Å². The summed E-state index contributed by atoms with van der Waals surface area (Å²) in [6, 6.07) is 5.25. The first-order chi connectivity index (χ1) is 9.13. The zero-order valence-corrected chi connectivity index (χ0v) is 11.6. The minimum atomic E-state index is -0.255. The molecule has 1 atom stereocenters. The van der Waals surface area contributed by atoms with Crippen molar-refractivity contribution in [2.24, 2.45) is 0 Å². The fraction of sp³-hybridized carbons (Fsp3) is 0.600. The van der Waals surface area contributed by atoms with E-state index in [1.807, 2.05) is 6.07 Å². The predicted molar refractivity (Wildman–Crippen MR) is 72.8 cm³/mol. The van der Waals surface area contributed by atoms with E-state index in [0.717, 1.165) is 25.0 Å². The molecule has 1 aromatic rings. The SMILES string of the molecule is CC(C)NCc1cc(F)cc(OC2CCCOC2)c1. The summed E-state index contributed by atoms with van der Waals surface area (Å²) in [4.78, 5) is 0. The molecular weight excluding hydrogens is 245 g/mol. The van der Waals surface area contributed by atoms with Gasteiger partial charge in [-0.15, -0.1) is 0 Å². The van der Waals surface area contributed by atoms with E-state index < -0.39 is 0 Å². The molecule has 0 radical (unpaired) electrons. The third-order valence-electron chi connectivity index (χ3n) is 3.07. The summed E-state index contributed by atoms with van der Waals surface area (Å²) in [7, 11) is 0. The normalized spacial score (nSPS) is 19.7. The topological polar surface area (TPSA) is 30.5 Å². The predicted octanol–water partition coefficient (Wildman–Crippen LogP) is 2.88. The zero-order chi connectivity index (χ0) is 13.7. The second-order valence-corrected chi connectivity index (χ2v) is 5.29. The molecule has 1 N–H and O–H groups in total. The Hall–Kier alpha value is -1.13. The van der Waals surface area contributed by atoms with E-state index >= 15 is 0 Å². The Morgan fingerprint density at radius 1 is 1.42 bits per heavy atom. The highest BCUT2D eigenvalue weighted by molar-refractivity contribution is 5.29. The number of benzene rings is 1. The Kier molecular flexibility index (Phi) is 5.16. The second-order valence-electron chi connectivity index (χ2n) is 5.29. The van der Waals surface area contributed by atoms with Gasteiger partial charge in [-0.3, -0.25) is 0 Å². The molecule has 1 heterocycles. The molecule has 1 fully saturated rings. The molecule has 0 amide bonds. The molecule has 0 saturated carbocycles. The Morgan fingerprint density at radius 3 is 2.95 bits per heavy atom. The molecule has 1 saturated heterocycles. The maximum atomic E-state index is 13.6. The minimum absolute atomic E-state index is 0.0430. The molecule has 0 aromatic heterocycles. The van der Waals surface area contributed by atoms with Crippen molar-refractivity contribution in [3.63, 3.8) is 0 Å². The molecule has 106 valence electrons. The molecule has 1 unspecified atom stereocenters. The van der Waals surface area contributed by atoms with Crippen LogP contribution in [-0.2, 0) is 11.3 Å². The van der Waals surface area contributed by atoms with Gasteiger partial charge in [-0.25, -0.2) is 4.39 Å². The lowest BCUT2D eigenvalue weighted by Crippen LogP contribution is -2.28. The van der Waals surface area contributed by atoms with Crippen LogP contribution in [0.1, 0.15) is 32.3 Å². The van der Waals surface area contributed by atoms with Gasteiger partial charge in [0, 0.05) is 25.3 Å². The summed E-state index contributed by atoms with van der Waals surface area (Å²) >= 11 is 0. The highest BCUT2D eigenvalue weighted by Crippen LogP contribution is 2.20. The van der Waals surface area contributed by atoms with Crippen LogP contribution in [0.25, 0.3) is 0 Å². The summed E-state index contributed by atoms with van der Waals surface area (Å²) in [6.45, 7) is 6.17. The van der Waals surface area contributed by atoms with Crippen molar-refractivity contribution in [1.82, 2.24) is 5.32 Å². The first-order valence-electron chi connectivity index (χ1n) is 6.91. The Balaban J connectivity index is 1.99. The van der Waals surface area contributed by atoms with Crippen LogP contribution in [0, 0.1) is 5.82 Å². The van der Waals surface area contributed by atoms with Gasteiger partial charge in [-0.1, -0.05) is 13.8 Å². The van der Waals surface area contributed by atoms with Crippen molar-refractivity contribution in [2.75, 3.05) is 13.2 Å². The molecule has 0 aliphatic carbocycles. The molecule has 0 bridgehead atoms. The van der Waals surface area contributed by atoms with Crippen LogP contribution in [0.2, 0.25) is 0 Å². The molecule has 1 aliphatic heterocycles. The van der Waals surface area contributed by atoms with Gasteiger partial charge in [0.2, 0.25) is 0 Å². The van der Waals surface area contributed by atoms with Crippen molar-refractivity contribution in [3.05, 3.63) is 29.6 Å². The molecular formula is C15H22FNO2. The first kappa shape index (κ1) is 14.3. The summed E-state index contributed by atoms with van der Waals surface area (Å²) < 4.78 is 24.7. The number of hydrogen-bond donors (Lipinski definition) is 1. The Bertz CT molecular complexity index is 403. The van der Waals surface area contributed by atoms with Gasteiger partial charge in [0.25, 0.3) is 0 Å². The summed E-state index contributed by atoms with van der Waals surface area (Å²) in [5.41, 5.74) is 0.903. The van der Waals surface area contributed by atoms with E-state index in [2.05, 4.69) is 19.2 Å². The highest BCUT2D eigenvalue weighted by Gasteiger charge is 2.16. The molecule has 0 spiro atoms. The van der Waals surface area contributed by atoms with Crippen LogP contribution >= 0.6 is 0 Å². The molecule has 3 nitrogen and oxygen atoms in total. The molecule has 1 aliphatic rings. The maximum absolute atomic E-state index is 13.6. The Morgan fingerprint density at radius 2 is 2.26 bits per heavy atom. The molecule has 2 rings (SSSR count). The van der Waals surface area contributed by atoms with Crippen LogP contribution < -0.4 is 10.1 Å². The lowest BCUT2D eigenvalue weighted by atomic mass is 10.1. The van der Waals surface area contributed by atoms with Gasteiger partial charge in [0.15, 0.2) is 0 Å². The van der Waals surface area contributed by atoms with Crippen LogP contribution in [-0.4, -0.2) is 25.4 Å². The van der Waals surface area contributed by atoms with E-state index in [4.69, 9.17) is 9.47 Å². The van der Waals surface area contributed by atoms with Crippen LogP contribution in [0.15, 0.2) is 18.2 Å². The standard InChI is InChI=1S/C15H22FNO2/c1-11(2)17-9-12-6-13(16)8-15(7-12)19-14-4-3-5-18-10-14/h6-8,11,14,17H,3-5,9-10H2,1-2H3. The minimum Gasteiger partial charge on any atom is -0.488 e. The summed E-state index contributed by atoms with van der Waals surface area (Å²) in [5, 5.41) is 3.27. The van der Waals surface area contributed by atoms with Gasteiger partial charge in [-0.2, -0.15) is 0 Å². The van der Waals surface area contributed by atoms with E-state index in [9.17, 15) is 4.39 Å². The van der Waals surface area contributed by atoms with Gasteiger partial charge < -0.3 is 14.8 Å². The second kappa shape index (κ2) is 6.87. The van der Waals surface area contributed by atoms with Crippen LogP contribution in [0.5, 0.6) is 5.75 Å². The monoisotopic (exact) mass is 267 g/mol. The number of halogens is 1. The average molecular weight is 267 g/mol. The summed E-state index contributed by atoms with van der Waals surface area (Å²) in [6.07, 6.45) is 2.01. The zero-order valence-electron chi connectivity index (χ0n) is 11.6. The Labute approximate surface area is 114 Å². The van der Waals surface area contributed by atoms with Gasteiger partial charge in [0.1, 0.15) is 17.7 Å². The number of hydrogen-bond acceptors (Lipinski definition) is 3. The number of rotatable bonds is 5. The quantitative estimate of drug-likeness (QED) is 0.890. The fourth-order valence-corrected chi connectivity index (χ4v) is 2.11. The smallest absolute Gasteiger partial charge is 0.127 e. The van der Waals surface area contributed by atoms with Crippen molar-refractivity contribution >= 4 is 0 Å². The van der Waals surface area contributed by atoms with E-state index in [1.54, 1.807) is 6.07 Å². The van der Waals surface area contributed by atoms with Crippen molar-refractivity contribution in [3.8, 4) is 5.75 Å². The molecule has 1 aromatic carbocycles.